The predicted molar refractivity (Wildman–Crippen MR) is 175 cm³/mol. The molecule has 240 valence electrons. The van der Waals surface area contributed by atoms with E-state index in [4.69, 9.17) is 9.29 Å². The van der Waals surface area contributed by atoms with Gasteiger partial charge in [-0.05, 0) is 60.8 Å². The van der Waals surface area contributed by atoms with Crippen LogP contribution in [0.5, 0.6) is 5.75 Å². The Kier molecular flexibility index (Phi) is 13.9. The fraction of sp³-hybridized carbons (Fsp3) is 0.278. The fourth-order valence-corrected chi connectivity index (χ4v) is 5.07. The smallest absolute Gasteiger partial charge is 0.417 e. The molecule has 4 aromatic carbocycles. The summed E-state index contributed by atoms with van der Waals surface area (Å²) in [5, 5.41) is 3.36. The van der Waals surface area contributed by atoms with Crippen molar-refractivity contribution in [2.45, 2.75) is 50.6 Å². The largest absolute Gasteiger partial charge is 0.492 e. The average molecular weight is 640 g/mol. The van der Waals surface area contributed by atoms with E-state index < -0.39 is 21.9 Å². The van der Waals surface area contributed by atoms with E-state index in [1.807, 2.05) is 6.92 Å². The molecule has 0 bridgehead atoms. The van der Waals surface area contributed by atoms with Gasteiger partial charge in [-0.25, -0.2) is 0 Å². The maximum Gasteiger partial charge on any atom is 0.417 e. The van der Waals surface area contributed by atoms with Crippen molar-refractivity contribution in [1.82, 2.24) is 5.32 Å². The Morgan fingerprint density at radius 2 is 1.29 bits per heavy atom. The standard InChI is InChI=1S/C29H32F3NO.C7H8O3S/c1-2-3-4-11-20-33-21-22-34-26-18-16-24(17-19-26)27(23-12-7-5-8-13-23)28(29(30,31)32)25-14-9-6-10-15-25;1-6-2-4-7(5-3-6)11(8,9)10/h5-10,12-19,33H,2-4,11,20-22H2,1H3;2-5H,1H3,(H,8,9,10)/b28-27+;. The van der Waals surface area contributed by atoms with Crippen LogP contribution in [-0.4, -0.2) is 38.8 Å². The van der Waals surface area contributed by atoms with E-state index in [1.54, 1.807) is 84.9 Å². The molecule has 0 atom stereocenters. The van der Waals surface area contributed by atoms with Crippen molar-refractivity contribution in [3.8, 4) is 5.75 Å². The number of aryl methyl sites for hydroxylation is 1. The first-order valence-electron chi connectivity index (χ1n) is 14.9. The highest BCUT2D eigenvalue weighted by Crippen LogP contribution is 2.42. The molecule has 0 amide bonds. The van der Waals surface area contributed by atoms with E-state index in [1.165, 1.54) is 43.5 Å². The lowest BCUT2D eigenvalue weighted by Crippen LogP contribution is -2.22. The van der Waals surface area contributed by atoms with Crippen LogP contribution in [0.2, 0.25) is 0 Å². The second kappa shape index (κ2) is 17.5. The van der Waals surface area contributed by atoms with E-state index in [0.29, 0.717) is 23.5 Å². The number of unbranched alkanes of at least 4 members (excludes halogenated alkanes) is 3. The molecule has 0 aliphatic heterocycles. The third kappa shape index (κ3) is 11.8. The Hall–Kier alpha value is -3.92. The van der Waals surface area contributed by atoms with E-state index in [9.17, 15) is 21.6 Å². The summed E-state index contributed by atoms with van der Waals surface area (Å²) < 4.78 is 78.4. The molecule has 0 unspecified atom stereocenters. The third-order valence-corrected chi connectivity index (χ3v) is 7.74. The SMILES string of the molecule is CCCCCCNCCOc1ccc(/C(=C(\c2ccccc2)C(F)(F)F)c2ccccc2)cc1.Cc1ccc(S(=O)(=O)O)cc1. The number of hydrogen-bond donors (Lipinski definition) is 2. The van der Waals surface area contributed by atoms with Crippen molar-refractivity contribution >= 4 is 21.3 Å². The maximum absolute atomic E-state index is 14.4. The Labute approximate surface area is 264 Å². The van der Waals surface area contributed by atoms with Gasteiger partial charge in [0, 0.05) is 12.1 Å². The van der Waals surface area contributed by atoms with Gasteiger partial charge < -0.3 is 10.1 Å². The van der Waals surface area contributed by atoms with Gasteiger partial charge in [-0.3, -0.25) is 4.55 Å². The van der Waals surface area contributed by atoms with E-state index in [-0.39, 0.29) is 16.0 Å². The summed E-state index contributed by atoms with van der Waals surface area (Å²) in [6.45, 7) is 6.24. The van der Waals surface area contributed by atoms with Gasteiger partial charge in [-0.15, -0.1) is 0 Å². The summed E-state index contributed by atoms with van der Waals surface area (Å²) in [4.78, 5) is -0.0666. The van der Waals surface area contributed by atoms with Crippen LogP contribution in [0, 0.1) is 6.92 Å². The zero-order valence-corrected chi connectivity index (χ0v) is 26.4. The summed E-state index contributed by atoms with van der Waals surface area (Å²) in [6, 6.07) is 29.5. The summed E-state index contributed by atoms with van der Waals surface area (Å²) in [5.74, 6) is 0.636. The predicted octanol–water partition coefficient (Wildman–Crippen LogP) is 9.00. The lowest BCUT2D eigenvalue weighted by atomic mass is 9.89. The van der Waals surface area contributed by atoms with Gasteiger partial charge in [0.25, 0.3) is 10.1 Å². The number of ether oxygens (including phenoxy) is 1. The topological polar surface area (TPSA) is 75.6 Å². The quantitative estimate of drug-likeness (QED) is 0.0868. The van der Waals surface area contributed by atoms with Crippen molar-refractivity contribution in [3.05, 3.63) is 131 Å². The molecule has 4 aromatic rings. The van der Waals surface area contributed by atoms with Gasteiger partial charge in [0.15, 0.2) is 0 Å². The fourth-order valence-electron chi connectivity index (χ4n) is 4.59. The van der Waals surface area contributed by atoms with Gasteiger partial charge in [0.1, 0.15) is 12.4 Å². The Bertz CT molecular complexity index is 1570. The Morgan fingerprint density at radius 1 is 0.733 bits per heavy atom. The minimum Gasteiger partial charge on any atom is -0.492 e. The third-order valence-electron chi connectivity index (χ3n) is 6.87. The lowest BCUT2D eigenvalue weighted by Gasteiger charge is -2.20. The molecule has 0 fully saturated rings. The van der Waals surface area contributed by atoms with E-state index in [2.05, 4.69) is 12.2 Å². The van der Waals surface area contributed by atoms with Gasteiger partial charge >= 0.3 is 6.18 Å². The molecule has 5 nitrogen and oxygen atoms in total. The maximum atomic E-state index is 14.4. The second-order valence-electron chi connectivity index (χ2n) is 10.5. The first-order chi connectivity index (χ1) is 21.5. The van der Waals surface area contributed by atoms with Crippen molar-refractivity contribution in [2.24, 2.45) is 0 Å². The molecule has 9 heteroatoms. The molecular weight excluding hydrogens is 599 g/mol. The van der Waals surface area contributed by atoms with Gasteiger partial charge in [-0.1, -0.05) is 117 Å². The summed E-state index contributed by atoms with van der Waals surface area (Å²) >= 11 is 0. The first-order valence-corrected chi connectivity index (χ1v) is 16.3. The summed E-state index contributed by atoms with van der Waals surface area (Å²) in [5.41, 5.74) is 1.60. The Morgan fingerprint density at radius 3 is 1.82 bits per heavy atom. The van der Waals surface area contributed by atoms with Crippen LogP contribution in [0.25, 0.3) is 11.1 Å². The summed E-state index contributed by atoms with van der Waals surface area (Å²) in [6.07, 6.45) is 0.330. The normalized spacial score (nSPS) is 12.1. The number of halogens is 3. The zero-order valence-electron chi connectivity index (χ0n) is 25.6. The van der Waals surface area contributed by atoms with Crippen LogP contribution >= 0.6 is 0 Å². The molecular formula is C36H40F3NO4S. The molecule has 45 heavy (non-hydrogen) atoms. The number of hydrogen-bond acceptors (Lipinski definition) is 4. The lowest BCUT2D eigenvalue weighted by molar-refractivity contribution is -0.0685. The van der Waals surface area contributed by atoms with Crippen molar-refractivity contribution < 1.29 is 30.9 Å². The number of alkyl halides is 3. The van der Waals surface area contributed by atoms with Crippen LogP contribution < -0.4 is 10.1 Å². The molecule has 4 rings (SSSR count). The molecule has 0 aromatic heterocycles. The number of benzene rings is 4. The molecule has 0 aliphatic rings. The Balaban J connectivity index is 0.000000423. The molecule has 0 spiro atoms. The highest BCUT2D eigenvalue weighted by Gasteiger charge is 2.38. The van der Waals surface area contributed by atoms with Crippen molar-refractivity contribution in [2.75, 3.05) is 19.7 Å². The monoisotopic (exact) mass is 639 g/mol. The highest BCUT2D eigenvalue weighted by molar-refractivity contribution is 7.85. The zero-order chi connectivity index (χ0) is 32.7. The van der Waals surface area contributed by atoms with Gasteiger partial charge in [0.2, 0.25) is 0 Å². The van der Waals surface area contributed by atoms with Crippen molar-refractivity contribution in [3.63, 3.8) is 0 Å². The van der Waals surface area contributed by atoms with Crippen LogP contribution in [-0.2, 0) is 10.1 Å². The molecule has 2 N–H and O–H groups in total. The molecule has 0 aliphatic carbocycles. The summed E-state index contributed by atoms with van der Waals surface area (Å²) in [7, 11) is -4.02. The number of nitrogens with one attached hydrogen (secondary N) is 1. The van der Waals surface area contributed by atoms with Crippen LogP contribution in [0.3, 0.4) is 0 Å². The van der Waals surface area contributed by atoms with Crippen LogP contribution in [0.4, 0.5) is 13.2 Å². The molecule has 0 saturated heterocycles. The molecule has 0 heterocycles. The average Bonchev–Trinajstić information content (AvgIpc) is 3.02. The minimum absolute atomic E-state index is 0.0666. The van der Waals surface area contributed by atoms with E-state index in [0.717, 1.165) is 25.1 Å². The van der Waals surface area contributed by atoms with Crippen molar-refractivity contribution in [1.29, 1.82) is 0 Å². The van der Waals surface area contributed by atoms with Crippen LogP contribution in [0.1, 0.15) is 54.9 Å². The number of rotatable bonds is 13. The van der Waals surface area contributed by atoms with E-state index >= 15 is 0 Å². The highest BCUT2D eigenvalue weighted by atomic mass is 32.2. The molecule has 0 saturated carbocycles. The molecule has 0 radical (unpaired) electrons. The minimum atomic E-state index is -4.52. The second-order valence-corrected chi connectivity index (χ2v) is 11.9. The van der Waals surface area contributed by atoms with Gasteiger partial charge in [0.05, 0.1) is 10.5 Å². The van der Waals surface area contributed by atoms with Gasteiger partial charge in [-0.2, -0.15) is 21.6 Å². The van der Waals surface area contributed by atoms with Crippen LogP contribution in [0.15, 0.2) is 114 Å². The number of allylic oxidation sites excluding steroid dienone is 1. The first kappa shape index (κ1) is 35.6.